The third-order valence-corrected chi connectivity index (χ3v) is 3.89. The zero-order chi connectivity index (χ0) is 15.2. The lowest BCUT2D eigenvalue weighted by atomic mass is 10.0. The molecule has 1 fully saturated rings. The van der Waals surface area contributed by atoms with E-state index in [4.69, 9.17) is 5.73 Å². The van der Waals surface area contributed by atoms with Crippen LogP contribution in [0.2, 0.25) is 0 Å². The van der Waals surface area contributed by atoms with Crippen molar-refractivity contribution in [1.82, 2.24) is 9.80 Å². The Balaban J connectivity index is 0.00000242. The molecular formula is C17H29IN4. The Kier molecular flexibility index (Phi) is 8.17. The number of rotatable bonds is 4. The first-order valence-electron chi connectivity index (χ1n) is 7.82. The maximum atomic E-state index is 6.14. The Morgan fingerprint density at radius 3 is 2.77 bits per heavy atom. The van der Waals surface area contributed by atoms with Crippen molar-refractivity contribution in [3.05, 3.63) is 35.4 Å². The van der Waals surface area contributed by atoms with Crippen LogP contribution in [0.3, 0.4) is 0 Å². The molecule has 124 valence electrons. The molecule has 1 heterocycles. The van der Waals surface area contributed by atoms with E-state index >= 15 is 0 Å². The van der Waals surface area contributed by atoms with Crippen LogP contribution in [0, 0.1) is 5.92 Å². The Morgan fingerprint density at radius 1 is 1.36 bits per heavy atom. The minimum atomic E-state index is 0. The van der Waals surface area contributed by atoms with Gasteiger partial charge in [0.15, 0.2) is 5.96 Å². The highest BCUT2D eigenvalue weighted by Gasteiger charge is 2.17. The molecule has 2 N–H and O–H groups in total. The second-order valence-corrected chi connectivity index (χ2v) is 6.43. The first-order chi connectivity index (χ1) is 10.0. The van der Waals surface area contributed by atoms with E-state index in [1.807, 2.05) is 0 Å². The minimum Gasteiger partial charge on any atom is -0.370 e. The highest BCUT2D eigenvalue weighted by molar-refractivity contribution is 14.0. The van der Waals surface area contributed by atoms with E-state index in [2.05, 4.69) is 60.1 Å². The van der Waals surface area contributed by atoms with Gasteiger partial charge in [-0.3, -0.25) is 0 Å². The predicted octanol–water partition coefficient (Wildman–Crippen LogP) is 2.91. The molecule has 0 saturated carbocycles. The normalized spacial score (nSPS) is 19.2. The fraction of sp³-hybridized carbons (Fsp3) is 0.588. The van der Waals surface area contributed by atoms with Gasteiger partial charge >= 0.3 is 0 Å². The van der Waals surface area contributed by atoms with Crippen molar-refractivity contribution < 1.29 is 0 Å². The van der Waals surface area contributed by atoms with Crippen LogP contribution < -0.4 is 5.73 Å². The number of guanidine groups is 1. The van der Waals surface area contributed by atoms with Gasteiger partial charge in [-0.2, -0.15) is 0 Å². The average Bonchev–Trinajstić information content (AvgIpc) is 2.44. The molecule has 1 aliphatic rings. The number of hydrogen-bond acceptors (Lipinski definition) is 2. The van der Waals surface area contributed by atoms with Gasteiger partial charge in [0.1, 0.15) is 0 Å². The molecule has 0 radical (unpaired) electrons. The summed E-state index contributed by atoms with van der Waals surface area (Å²) in [7, 11) is 4.17. The molecular weight excluding hydrogens is 387 g/mol. The molecule has 0 aromatic heterocycles. The Hall–Kier alpha value is -0.820. The van der Waals surface area contributed by atoms with Gasteiger partial charge in [-0.05, 0) is 44.0 Å². The van der Waals surface area contributed by atoms with Crippen molar-refractivity contribution in [2.75, 3.05) is 27.2 Å². The molecule has 0 aliphatic carbocycles. The third-order valence-electron chi connectivity index (χ3n) is 3.89. The fourth-order valence-corrected chi connectivity index (χ4v) is 2.86. The van der Waals surface area contributed by atoms with Crippen molar-refractivity contribution in [2.24, 2.45) is 16.6 Å². The van der Waals surface area contributed by atoms with Crippen LogP contribution in [0.5, 0.6) is 0 Å². The first kappa shape index (κ1) is 19.2. The van der Waals surface area contributed by atoms with Crippen LogP contribution in [-0.2, 0) is 13.1 Å². The molecule has 1 atom stereocenters. The lowest BCUT2D eigenvalue weighted by Crippen LogP contribution is -2.43. The maximum Gasteiger partial charge on any atom is 0.191 e. The fourth-order valence-electron chi connectivity index (χ4n) is 2.86. The molecule has 1 unspecified atom stereocenters. The smallest absolute Gasteiger partial charge is 0.191 e. The SMILES string of the molecule is CC1CCCN(C(N)=NCc2cccc(CN(C)C)c2)C1.I. The van der Waals surface area contributed by atoms with Gasteiger partial charge in [-0.25, -0.2) is 4.99 Å². The van der Waals surface area contributed by atoms with Gasteiger partial charge in [0.05, 0.1) is 6.54 Å². The summed E-state index contributed by atoms with van der Waals surface area (Å²) in [6, 6.07) is 8.59. The lowest BCUT2D eigenvalue weighted by Gasteiger charge is -2.31. The number of piperidine rings is 1. The number of aliphatic imine (C=N–C) groups is 1. The van der Waals surface area contributed by atoms with Gasteiger partial charge in [-0.1, -0.05) is 31.2 Å². The van der Waals surface area contributed by atoms with Crippen molar-refractivity contribution in [3.63, 3.8) is 0 Å². The molecule has 4 nitrogen and oxygen atoms in total. The first-order valence-corrected chi connectivity index (χ1v) is 7.82. The molecule has 1 aromatic rings. The van der Waals surface area contributed by atoms with E-state index in [0.29, 0.717) is 12.5 Å². The summed E-state index contributed by atoms with van der Waals surface area (Å²) >= 11 is 0. The third kappa shape index (κ3) is 6.12. The molecule has 0 bridgehead atoms. The average molecular weight is 416 g/mol. The predicted molar refractivity (Wildman–Crippen MR) is 105 cm³/mol. The van der Waals surface area contributed by atoms with Crippen LogP contribution in [0.15, 0.2) is 29.3 Å². The molecule has 2 rings (SSSR count). The van der Waals surface area contributed by atoms with E-state index in [1.54, 1.807) is 0 Å². The summed E-state index contributed by atoms with van der Waals surface area (Å²) in [4.78, 5) is 8.97. The van der Waals surface area contributed by atoms with E-state index in [1.165, 1.54) is 24.0 Å². The Labute approximate surface area is 151 Å². The summed E-state index contributed by atoms with van der Waals surface area (Å²) in [5.74, 6) is 1.41. The zero-order valence-electron chi connectivity index (χ0n) is 14.0. The number of halogens is 1. The van der Waals surface area contributed by atoms with E-state index in [-0.39, 0.29) is 24.0 Å². The second kappa shape index (κ2) is 9.35. The summed E-state index contributed by atoms with van der Waals surface area (Å²) in [5.41, 5.74) is 8.69. The van der Waals surface area contributed by atoms with E-state index in [9.17, 15) is 0 Å². The zero-order valence-corrected chi connectivity index (χ0v) is 16.3. The lowest BCUT2D eigenvalue weighted by molar-refractivity contribution is 0.270. The summed E-state index contributed by atoms with van der Waals surface area (Å²) in [6.07, 6.45) is 2.52. The highest BCUT2D eigenvalue weighted by atomic mass is 127. The number of nitrogens with zero attached hydrogens (tertiary/aromatic N) is 3. The van der Waals surface area contributed by atoms with Crippen LogP contribution >= 0.6 is 24.0 Å². The minimum absolute atomic E-state index is 0. The van der Waals surface area contributed by atoms with Crippen molar-refractivity contribution >= 4 is 29.9 Å². The summed E-state index contributed by atoms with van der Waals surface area (Å²) in [6.45, 7) is 5.98. The van der Waals surface area contributed by atoms with Crippen LogP contribution in [-0.4, -0.2) is 42.9 Å². The van der Waals surface area contributed by atoms with E-state index in [0.717, 1.165) is 25.6 Å². The van der Waals surface area contributed by atoms with Crippen LogP contribution in [0.4, 0.5) is 0 Å². The number of likely N-dealkylation sites (tertiary alicyclic amines) is 1. The molecule has 0 spiro atoms. The second-order valence-electron chi connectivity index (χ2n) is 6.43. The maximum absolute atomic E-state index is 6.14. The molecule has 22 heavy (non-hydrogen) atoms. The summed E-state index contributed by atoms with van der Waals surface area (Å²) < 4.78 is 0. The topological polar surface area (TPSA) is 44.9 Å². The van der Waals surface area contributed by atoms with Crippen LogP contribution in [0.1, 0.15) is 30.9 Å². The standard InChI is InChI=1S/C17H28N4.HI/c1-14-6-5-9-21(12-14)17(18)19-11-15-7-4-8-16(10-15)13-20(2)3;/h4,7-8,10,14H,5-6,9,11-13H2,1-3H3,(H2,18,19);1H. The van der Waals surface area contributed by atoms with Gasteiger partial charge in [-0.15, -0.1) is 24.0 Å². The molecule has 1 aliphatic heterocycles. The van der Waals surface area contributed by atoms with Crippen molar-refractivity contribution in [3.8, 4) is 0 Å². The van der Waals surface area contributed by atoms with Gasteiger partial charge in [0, 0.05) is 19.6 Å². The Morgan fingerprint density at radius 2 is 2.09 bits per heavy atom. The molecule has 5 heteroatoms. The molecule has 1 saturated heterocycles. The molecule has 1 aromatic carbocycles. The Bertz CT molecular complexity index is 487. The number of benzene rings is 1. The van der Waals surface area contributed by atoms with Crippen molar-refractivity contribution in [2.45, 2.75) is 32.9 Å². The van der Waals surface area contributed by atoms with Gasteiger partial charge < -0.3 is 15.5 Å². The molecule has 0 amide bonds. The van der Waals surface area contributed by atoms with Gasteiger partial charge in [0.25, 0.3) is 0 Å². The van der Waals surface area contributed by atoms with E-state index < -0.39 is 0 Å². The van der Waals surface area contributed by atoms with Crippen LogP contribution in [0.25, 0.3) is 0 Å². The number of nitrogens with two attached hydrogens (primary N) is 1. The van der Waals surface area contributed by atoms with Crippen molar-refractivity contribution in [1.29, 1.82) is 0 Å². The summed E-state index contributed by atoms with van der Waals surface area (Å²) in [5, 5.41) is 0. The quantitative estimate of drug-likeness (QED) is 0.467. The monoisotopic (exact) mass is 416 g/mol. The largest absolute Gasteiger partial charge is 0.370 e. The number of hydrogen-bond donors (Lipinski definition) is 1. The van der Waals surface area contributed by atoms with Gasteiger partial charge in [0.2, 0.25) is 0 Å². The highest BCUT2D eigenvalue weighted by Crippen LogP contribution is 2.15.